The van der Waals surface area contributed by atoms with Crippen molar-refractivity contribution in [3.63, 3.8) is 0 Å². The van der Waals surface area contributed by atoms with Gasteiger partial charge in [-0.1, -0.05) is 36.2 Å². The number of carbonyl (C=O) groups is 1. The summed E-state index contributed by atoms with van der Waals surface area (Å²) in [7, 11) is -3.92. The minimum atomic E-state index is -3.92. The second-order valence-corrected chi connectivity index (χ2v) is 8.55. The number of nitrogens with zero attached hydrogens (tertiary/aromatic N) is 2. The van der Waals surface area contributed by atoms with E-state index >= 15 is 0 Å². The summed E-state index contributed by atoms with van der Waals surface area (Å²) < 4.78 is 25.7. The molecule has 0 spiro atoms. The van der Waals surface area contributed by atoms with Crippen LogP contribution in [0.25, 0.3) is 0 Å². The van der Waals surface area contributed by atoms with E-state index in [2.05, 4.69) is 5.32 Å². The number of amides is 1. The van der Waals surface area contributed by atoms with Crippen molar-refractivity contribution < 1.29 is 18.1 Å². The van der Waals surface area contributed by atoms with E-state index in [0.29, 0.717) is 10.7 Å². The zero-order valence-electron chi connectivity index (χ0n) is 14.9. The summed E-state index contributed by atoms with van der Waals surface area (Å²) in [4.78, 5) is 23.2. The van der Waals surface area contributed by atoms with Gasteiger partial charge in [0.25, 0.3) is 5.69 Å². The van der Waals surface area contributed by atoms with E-state index in [1.165, 1.54) is 36.4 Å². The van der Waals surface area contributed by atoms with E-state index in [0.717, 1.165) is 16.6 Å². The molecule has 0 saturated carbocycles. The van der Waals surface area contributed by atoms with Crippen LogP contribution in [0.2, 0.25) is 10.0 Å². The summed E-state index contributed by atoms with van der Waals surface area (Å²) in [5.41, 5.74) is 0.0732. The van der Waals surface area contributed by atoms with Crippen LogP contribution >= 0.6 is 23.2 Å². The largest absolute Gasteiger partial charge is 0.324 e. The highest BCUT2D eigenvalue weighted by Crippen LogP contribution is 2.28. The van der Waals surface area contributed by atoms with Crippen LogP contribution in [0, 0.1) is 10.1 Å². The Hall–Kier alpha value is -2.36. The monoisotopic (exact) mass is 445 g/mol. The number of rotatable bonds is 7. The topological polar surface area (TPSA) is 110 Å². The molecule has 1 amide bonds. The van der Waals surface area contributed by atoms with Crippen LogP contribution in [0.4, 0.5) is 17.1 Å². The lowest BCUT2D eigenvalue weighted by atomic mass is 10.1. The number of anilines is 2. The molecule has 150 valence electrons. The number of nitrogens with one attached hydrogen (secondary N) is 1. The lowest BCUT2D eigenvalue weighted by Gasteiger charge is -2.30. The Balaban J connectivity index is 2.42. The maximum absolute atomic E-state index is 12.8. The van der Waals surface area contributed by atoms with Gasteiger partial charge in [0.2, 0.25) is 15.9 Å². The van der Waals surface area contributed by atoms with Gasteiger partial charge < -0.3 is 5.32 Å². The quantitative estimate of drug-likeness (QED) is 0.509. The van der Waals surface area contributed by atoms with Gasteiger partial charge in [0.05, 0.1) is 26.9 Å². The van der Waals surface area contributed by atoms with Crippen LogP contribution in [0.3, 0.4) is 0 Å². The minimum absolute atomic E-state index is 0.0211. The molecule has 0 radical (unpaired) electrons. The Morgan fingerprint density at radius 1 is 1.21 bits per heavy atom. The van der Waals surface area contributed by atoms with Gasteiger partial charge in [-0.25, -0.2) is 8.42 Å². The average molecular weight is 446 g/mol. The van der Waals surface area contributed by atoms with E-state index < -0.39 is 26.9 Å². The normalized spacial score (nSPS) is 12.3. The first kappa shape index (κ1) is 21.9. The molecule has 1 N–H and O–H groups in total. The third-order valence-electron chi connectivity index (χ3n) is 3.81. The van der Waals surface area contributed by atoms with E-state index in [9.17, 15) is 23.3 Å². The number of nitro groups is 1. The van der Waals surface area contributed by atoms with Crippen LogP contribution in [0.5, 0.6) is 0 Å². The first-order valence-electron chi connectivity index (χ1n) is 8.04. The smallest absolute Gasteiger partial charge is 0.271 e. The average Bonchev–Trinajstić information content (AvgIpc) is 2.61. The number of halogens is 2. The Bertz CT molecular complexity index is 1010. The molecular weight excluding hydrogens is 429 g/mol. The van der Waals surface area contributed by atoms with E-state index in [1.807, 2.05) is 0 Å². The lowest BCUT2D eigenvalue weighted by molar-refractivity contribution is -0.384. The van der Waals surface area contributed by atoms with Gasteiger partial charge in [-0.15, -0.1) is 0 Å². The minimum Gasteiger partial charge on any atom is -0.324 e. The summed E-state index contributed by atoms with van der Waals surface area (Å²) in [6.07, 6.45) is 1.06. The zero-order valence-corrected chi connectivity index (χ0v) is 17.3. The third kappa shape index (κ3) is 5.12. The molecule has 0 aliphatic heterocycles. The molecule has 0 aliphatic carbocycles. The first-order chi connectivity index (χ1) is 13.0. The van der Waals surface area contributed by atoms with Crippen LogP contribution in [-0.4, -0.2) is 31.5 Å². The number of carbonyl (C=O) groups excluding carboxylic acids is 1. The van der Waals surface area contributed by atoms with E-state index in [4.69, 9.17) is 23.2 Å². The van der Waals surface area contributed by atoms with Crippen molar-refractivity contribution in [1.82, 2.24) is 0 Å². The van der Waals surface area contributed by atoms with Crippen LogP contribution in [0.1, 0.15) is 13.3 Å². The van der Waals surface area contributed by atoms with Gasteiger partial charge in [0, 0.05) is 17.8 Å². The molecule has 0 aromatic heterocycles. The molecule has 2 aromatic rings. The van der Waals surface area contributed by atoms with Crippen molar-refractivity contribution in [2.75, 3.05) is 15.9 Å². The summed E-state index contributed by atoms with van der Waals surface area (Å²) in [6, 6.07) is 8.42. The second kappa shape index (κ2) is 8.76. The number of benzene rings is 2. The Kier molecular flexibility index (Phi) is 6.87. The highest BCUT2D eigenvalue weighted by Gasteiger charge is 2.32. The third-order valence-corrected chi connectivity index (χ3v) is 5.73. The zero-order chi connectivity index (χ0) is 21.1. The van der Waals surface area contributed by atoms with E-state index in [1.54, 1.807) is 6.92 Å². The Morgan fingerprint density at radius 2 is 1.89 bits per heavy atom. The van der Waals surface area contributed by atoms with Crippen LogP contribution in [0.15, 0.2) is 42.5 Å². The number of sulfonamides is 1. The van der Waals surface area contributed by atoms with Crippen LogP contribution in [-0.2, 0) is 14.8 Å². The van der Waals surface area contributed by atoms with Gasteiger partial charge in [-0.2, -0.15) is 0 Å². The maximum Gasteiger partial charge on any atom is 0.271 e. The number of hydrogen-bond donors (Lipinski definition) is 1. The molecule has 8 nitrogen and oxygen atoms in total. The van der Waals surface area contributed by atoms with E-state index in [-0.39, 0.29) is 22.8 Å². The fourth-order valence-electron chi connectivity index (χ4n) is 2.60. The molecule has 0 fully saturated rings. The van der Waals surface area contributed by atoms with Crippen molar-refractivity contribution in [2.24, 2.45) is 0 Å². The summed E-state index contributed by atoms with van der Waals surface area (Å²) in [6.45, 7) is 1.63. The highest BCUT2D eigenvalue weighted by molar-refractivity contribution is 7.92. The second-order valence-electron chi connectivity index (χ2n) is 5.88. The van der Waals surface area contributed by atoms with Gasteiger partial charge >= 0.3 is 0 Å². The molecule has 0 saturated heterocycles. The standard InChI is InChI=1S/C17H17Cl2N3O5S/c1-3-16(17(23)20-11-7-8-14(18)15(19)9-11)21(28(2,26)27)12-5-4-6-13(10-12)22(24)25/h4-10,16H,3H2,1-2H3,(H,20,23)/t16-/m1/s1. The predicted octanol–water partition coefficient (Wildman–Crippen LogP) is 4.08. The number of nitro benzene ring substituents is 1. The lowest BCUT2D eigenvalue weighted by Crippen LogP contribution is -2.47. The molecule has 0 unspecified atom stereocenters. The number of non-ortho nitro benzene ring substituents is 1. The predicted molar refractivity (Wildman–Crippen MR) is 110 cm³/mol. The highest BCUT2D eigenvalue weighted by atomic mass is 35.5. The molecule has 1 atom stereocenters. The molecule has 0 aliphatic rings. The molecule has 28 heavy (non-hydrogen) atoms. The van der Waals surface area contributed by atoms with Gasteiger partial charge in [0.1, 0.15) is 6.04 Å². The molecule has 2 rings (SSSR count). The Labute approximate surface area is 172 Å². The summed E-state index contributed by atoms with van der Waals surface area (Å²) in [5.74, 6) is -0.613. The Morgan fingerprint density at radius 3 is 2.43 bits per heavy atom. The van der Waals surface area contributed by atoms with Gasteiger partial charge in [-0.3, -0.25) is 19.2 Å². The fourth-order valence-corrected chi connectivity index (χ4v) is 4.11. The molecular formula is C17H17Cl2N3O5S. The summed E-state index contributed by atoms with van der Waals surface area (Å²) in [5, 5.41) is 14.2. The molecule has 0 heterocycles. The van der Waals surface area contributed by atoms with Crippen molar-refractivity contribution in [3.05, 3.63) is 62.6 Å². The maximum atomic E-state index is 12.8. The van der Waals surface area contributed by atoms with Crippen molar-refractivity contribution >= 4 is 56.2 Å². The van der Waals surface area contributed by atoms with Gasteiger partial charge in [-0.05, 0) is 30.7 Å². The van der Waals surface area contributed by atoms with Crippen molar-refractivity contribution in [2.45, 2.75) is 19.4 Å². The van der Waals surface area contributed by atoms with Crippen LogP contribution < -0.4 is 9.62 Å². The summed E-state index contributed by atoms with van der Waals surface area (Å²) >= 11 is 11.8. The molecule has 0 bridgehead atoms. The first-order valence-corrected chi connectivity index (χ1v) is 10.6. The van der Waals surface area contributed by atoms with Crippen molar-refractivity contribution in [1.29, 1.82) is 0 Å². The SMILES string of the molecule is CC[C@H](C(=O)Nc1ccc(Cl)c(Cl)c1)N(c1cccc([N+](=O)[O-])c1)S(C)(=O)=O. The van der Waals surface area contributed by atoms with Crippen molar-refractivity contribution in [3.8, 4) is 0 Å². The fraction of sp³-hybridized carbons (Fsp3) is 0.235. The van der Waals surface area contributed by atoms with Gasteiger partial charge in [0.15, 0.2) is 0 Å². The number of hydrogen-bond acceptors (Lipinski definition) is 5. The molecule has 2 aromatic carbocycles. The molecule has 11 heteroatoms.